The van der Waals surface area contributed by atoms with Crippen LogP contribution in [0, 0.1) is 0 Å². The lowest BCUT2D eigenvalue weighted by Gasteiger charge is -2.48. The van der Waals surface area contributed by atoms with Gasteiger partial charge in [0.1, 0.15) is 12.2 Å². The van der Waals surface area contributed by atoms with Gasteiger partial charge in [-0.15, -0.1) is 0 Å². The highest BCUT2D eigenvalue weighted by Crippen LogP contribution is 2.52. The van der Waals surface area contributed by atoms with Crippen LogP contribution in [0.15, 0.2) is 59.7 Å². The van der Waals surface area contributed by atoms with Crippen LogP contribution in [-0.4, -0.2) is 66.0 Å². The predicted molar refractivity (Wildman–Crippen MR) is 142 cm³/mol. The van der Waals surface area contributed by atoms with Crippen molar-refractivity contribution in [2.24, 2.45) is 5.10 Å². The van der Waals surface area contributed by atoms with Gasteiger partial charge in [-0.1, -0.05) is 36.4 Å². The number of anilines is 2. The van der Waals surface area contributed by atoms with Gasteiger partial charge in [0, 0.05) is 31.3 Å². The van der Waals surface area contributed by atoms with Gasteiger partial charge < -0.3 is 24.4 Å². The molecule has 3 atom stereocenters. The number of para-hydroxylation sites is 2. The Morgan fingerprint density at radius 2 is 1.77 bits per heavy atom. The molecular weight excluding hydrogens is 502 g/mol. The summed E-state index contributed by atoms with van der Waals surface area (Å²) in [6.45, 7) is 7.01. The number of alkyl carbamates (subject to hydrolysis) is 1. The average molecular weight is 534 g/mol. The van der Waals surface area contributed by atoms with E-state index in [1.165, 1.54) is 5.01 Å². The largest absolute Gasteiger partial charge is 0.444 e. The summed E-state index contributed by atoms with van der Waals surface area (Å²) in [4.78, 5) is 44.7. The molecule has 204 valence electrons. The quantitative estimate of drug-likeness (QED) is 0.597. The zero-order valence-corrected chi connectivity index (χ0v) is 22.6. The molecule has 3 amide bonds. The van der Waals surface area contributed by atoms with E-state index in [1.807, 2.05) is 42.3 Å². The second-order valence-electron chi connectivity index (χ2n) is 11.5. The Labute approximate surface area is 226 Å². The van der Waals surface area contributed by atoms with Crippen LogP contribution >= 0.6 is 0 Å². The van der Waals surface area contributed by atoms with Gasteiger partial charge in [-0.05, 0) is 45.9 Å². The summed E-state index contributed by atoms with van der Waals surface area (Å²) in [5.74, 6) is -0.596. The SMILES string of the molecule is CC1=NN(c2ccccc2)C(=O)[C@]12OC[C@@]1(C[C@]3(CN(C)c4ccccc43)NC(=O)O1)N2C(=O)OC(C)(C)C. The molecule has 4 aliphatic rings. The Hall–Kier alpha value is -4.12. The molecule has 6 rings (SSSR count). The topological polar surface area (TPSA) is 113 Å². The van der Waals surface area contributed by atoms with E-state index in [9.17, 15) is 14.4 Å². The van der Waals surface area contributed by atoms with Gasteiger partial charge in [0.15, 0.2) is 0 Å². The van der Waals surface area contributed by atoms with Crippen molar-refractivity contribution in [1.82, 2.24) is 10.2 Å². The number of likely N-dealkylation sites (N-methyl/N-ethyl adjacent to an activating group) is 1. The van der Waals surface area contributed by atoms with Crippen LogP contribution in [0.2, 0.25) is 0 Å². The number of hydrazone groups is 1. The first-order valence-electron chi connectivity index (χ1n) is 12.9. The van der Waals surface area contributed by atoms with Crippen LogP contribution in [0.1, 0.15) is 39.7 Å². The summed E-state index contributed by atoms with van der Waals surface area (Å²) in [5, 5.41) is 8.72. The standard InChI is InChI=1S/C28H31N5O6/c1-18-28(22(34)32(30-18)19-11-7-6-8-12-19)33(24(36)39-25(2,3)4)27(17-37-28)15-26(29-23(35)38-27)16-31(5)21-14-10-9-13-20(21)26/h6-14H,15-17H2,1-5H3,(H,29,35)/t26-,27+,28-/m1/s1. The highest BCUT2D eigenvalue weighted by molar-refractivity contribution is 6.22. The monoisotopic (exact) mass is 533 g/mol. The number of nitrogens with one attached hydrogen (secondary N) is 1. The second kappa shape index (κ2) is 8.19. The van der Waals surface area contributed by atoms with E-state index in [0.29, 0.717) is 12.2 Å². The highest BCUT2D eigenvalue weighted by Gasteiger charge is 2.73. The summed E-state index contributed by atoms with van der Waals surface area (Å²) in [5.41, 5.74) is -2.82. The molecule has 4 aliphatic heterocycles. The summed E-state index contributed by atoms with van der Waals surface area (Å²) < 4.78 is 18.0. The molecule has 11 heteroatoms. The number of hydrogen-bond donors (Lipinski definition) is 1. The van der Waals surface area contributed by atoms with Crippen LogP contribution in [0.3, 0.4) is 0 Å². The molecule has 3 spiro atoms. The van der Waals surface area contributed by atoms with E-state index in [1.54, 1.807) is 52.0 Å². The van der Waals surface area contributed by atoms with Crippen molar-refractivity contribution in [2.45, 2.75) is 56.7 Å². The van der Waals surface area contributed by atoms with Gasteiger partial charge in [0.25, 0.3) is 5.72 Å². The van der Waals surface area contributed by atoms with E-state index in [0.717, 1.165) is 16.2 Å². The third kappa shape index (κ3) is 3.59. The highest BCUT2D eigenvalue weighted by atomic mass is 16.7. The van der Waals surface area contributed by atoms with Crippen molar-refractivity contribution in [1.29, 1.82) is 0 Å². The fraction of sp³-hybridized carbons (Fsp3) is 0.429. The Morgan fingerprint density at radius 1 is 1.08 bits per heavy atom. The predicted octanol–water partition coefficient (Wildman–Crippen LogP) is 3.54. The zero-order valence-electron chi connectivity index (χ0n) is 22.6. The van der Waals surface area contributed by atoms with Crippen LogP contribution in [0.25, 0.3) is 0 Å². The zero-order chi connectivity index (χ0) is 27.8. The van der Waals surface area contributed by atoms with Crippen LogP contribution < -0.4 is 15.2 Å². The molecule has 2 aromatic rings. The molecule has 11 nitrogen and oxygen atoms in total. The number of nitrogens with zero attached hydrogens (tertiary/aromatic N) is 4. The first-order chi connectivity index (χ1) is 18.4. The maximum Gasteiger partial charge on any atom is 0.416 e. The van der Waals surface area contributed by atoms with Gasteiger partial charge in [0.05, 0.1) is 16.9 Å². The van der Waals surface area contributed by atoms with Crippen molar-refractivity contribution in [2.75, 3.05) is 30.1 Å². The Bertz CT molecular complexity index is 1410. The van der Waals surface area contributed by atoms with Crippen molar-refractivity contribution in [3.63, 3.8) is 0 Å². The molecular formula is C28H31N5O6. The second-order valence-corrected chi connectivity index (χ2v) is 11.5. The van der Waals surface area contributed by atoms with Gasteiger partial charge in [-0.25, -0.2) is 14.5 Å². The lowest BCUT2D eigenvalue weighted by atomic mass is 9.82. The van der Waals surface area contributed by atoms with Crippen molar-refractivity contribution in [3.8, 4) is 0 Å². The average Bonchev–Trinajstić information content (AvgIpc) is 3.42. The van der Waals surface area contributed by atoms with Crippen LogP contribution in [-0.2, 0) is 24.5 Å². The van der Waals surface area contributed by atoms with Gasteiger partial charge >= 0.3 is 18.1 Å². The molecule has 0 aliphatic carbocycles. The summed E-state index contributed by atoms with van der Waals surface area (Å²) in [7, 11) is 1.94. The molecule has 2 aromatic carbocycles. The van der Waals surface area contributed by atoms with Crippen molar-refractivity contribution >= 4 is 35.2 Å². The summed E-state index contributed by atoms with van der Waals surface area (Å²) in [6.07, 6.45) is -1.44. The van der Waals surface area contributed by atoms with E-state index in [-0.39, 0.29) is 18.7 Å². The Kier molecular flexibility index (Phi) is 5.29. The van der Waals surface area contributed by atoms with E-state index < -0.39 is 40.7 Å². The van der Waals surface area contributed by atoms with E-state index >= 15 is 0 Å². The molecule has 0 unspecified atom stereocenters. The van der Waals surface area contributed by atoms with Gasteiger partial charge in [-0.3, -0.25) is 4.79 Å². The van der Waals surface area contributed by atoms with Gasteiger partial charge in [0.2, 0.25) is 5.72 Å². The molecule has 1 N–H and O–H groups in total. The third-order valence-corrected chi connectivity index (χ3v) is 7.57. The number of ether oxygens (including phenoxy) is 3. The number of carbonyl (C=O) groups is 3. The molecule has 0 bridgehead atoms. The lowest BCUT2D eigenvalue weighted by molar-refractivity contribution is -0.153. The molecule has 4 heterocycles. The minimum Gasteiger partial charge on any atom is -0.444 e. The van der Waals surface area contributed by atoms with Crippen molar-refractivity contribution < 1.29 is 28.6 Å². The van der Waals surface area contributed by atoms with Gasteiger partial charge in [-0.2, -0.15) is 10.1 Å². The molecule has 0 saturated carbocycles. The fourth-order valence-corrected chi connectivity index (χ4v) is 6.16. The van der Waals surface area contributed by atoms with Crippen molar-refractivity contribution in [3.05, 3.63) is 60.2 Å². The number of rotatable bonds is 1. The first-order valence-corrected chi connectivity index (χ1v) is 12.9. The molecule has 0 aromatic heterocycles. The molecule has 2 fully saturated rings. The minimum absolute atomic E-state index is 0.125. The molecule has 2 saturated heterocycles. The van der Waals surface area contributed by atoms with Crippen LogP contribution in [0.4, 0.5) is 21.0 Å². The lowest BCUT2D eigenvalue weighted by Crippen LogP contribution is -2.71. The Balaban J connectivity index is 1.48. The molecule has 0 radical (unpaired) electrons. The number of benzene rings is 2. The number of carbonyl (C=O) groups excluding carboxylic acids is 3. The van der Waals surface area contributed by atoms with E-state index in [2.05, 4.69) is 10.4 Å². The smallest absolute Gasteiger partial charge is 0.416 e. The first kappa shape index (κ1) is 25.2. The fourth-order valence-electron chi connectivity index (χ4n) is 6.16. The number of amides is 3. The maximum atomic E-state index is 14.2. The molecule has 39 heavy (non-hydrogen) atoms. The normalized spacial score (nSPS) is 29.7. The van der Waals surface area contributed by atoms with E-state index in [4.69, 9.17) is 14.2 Å². The Morgan fingerprint density at radius 3 is 2.49 bits per heavy atom. The maximum absolute atomic E-state index is 14.2. The summed E-state index contributed by atoms with van der Waals surface area (Å²) in [6, 6.07) is 16.6. The minimum atomic E-state index is -1.96. The number of fused-ring (bicyclic) bond motifs is 2. The van der Waals surface area contributed by atoms with Crippen LogP contribution in [0.5, 0.6) is 0 Å². The third-order valence-electron chi connectivity index (χ3n) is 7.57. The summed E-state index contributed by atoms with van der Waals surface area (Å²) >= 11 is 0. The number of hydrogen-bond acceptors (Lipinski definition) is 8.